The molecule has 0 saturated carbocycles. The number of hydrogen-bond acceptors (Lipinski definition) is 3. The van der Waals surface area contributed by atoms with Crippen LogP contribution in [-0.2, 0) is 5.54 Å². The number of amides is 1. The minimum Gasteiger partial charge on any atom is -0.339 e. The Hall–Kier alpha value is -1.36. The molecule has 5 nitrogen and oxygen atoms in total. The maximum Gasteiger partial charge on any atom is 0.257 e. The molecule has 2 N–H and O–H groups in total. The molecule has 0 radical (unpaired) electrons. The van der Waals surface area contributed by atoms with E-state index in [1.165, 1.54) is 0 Å². The van der Waals surface area contributed by atoms with Crippen molar-refractivity contribution in [3.8, 4) is 0 Å². The molecule has 1 aliphatic rings. The van der Waals surface area contributed by atoms with Crippen LogP contribution in [0.25, 0.3) is 0 Å². The van der Waals surface area contributed by atoms with E-state index in [9.17, 15) is 4.79 Å². The number of hydrogen-bond donors (Lipinski definition) is 1. The maximum atomic E-state index is 12.5. The van der Waals surface area contributed by atoms with Crippen LogP contribution in [0.1, 0.15) is 50.9 Å². The van der Waals surface area contributed by atoms with Crippen LogP contribution in [0.15, 0.2) is 12.4 Å². The predicted molar refractivity (Wildman–Crippen MR) is 79.5 cm³/mol. The highest BCUT2D eigenvalue weighted by Crippen LogP contribution is 2.21. The van der Waals surface area contributed by atoms with Crippen molar-refractivity contribution >= 4 is 5.91 Å². The van der Waals surface area contributed by atoms with Crippen LogP contribution in [0.3, 0.4) is 0 Å². The summed E-state index contributed by atoms with van der Waals surface area (Å²) in [5.74, 6) is 0.625. The van der Waals surface area contributed by atoms with E-state index in [2.05, 4.69) is 32.8 Å². The summed E-state index contributed by atoms with van der Waals surface area (Å²) < 4.78 is 1.84. The van der Waals surface area contributed by atoms with Crippen molar-refractivity contribution in [3.63, 3.8) is 0 Å². The summed E-state index contributed by atoms with van der Waals surface area (Å²) >= 11 is 0. The first-order valence-electron chi connectivity index (χ1n) is 7.39. The molecule has 2 rings (SSSR count). The number of aromatic nitrogens is 2. The molecule has 5 heteroatoms. The van der Waals surface area contributed by atoms with Crippen LogP contribution in [0.5, 0.6) is 0 Å². The smallest absolute Gasteiger partial charge is 0.257 e. The molecule has 1 fully saturated rings. The lowest BCUT2D eigenvalue weighted by atomic mass is 9.91. The summed E-state index contributed by atoms with van der Waals surface area (Å²) in [7, 11) is 0. The average Bonchev–Trinajstić information content (AvgIpc) is 2.87. The standard InChI is InChI=1S/C15H26N4O/c1-11(16)12-5-7-18(8-6-12)14(20)13-9-17-19(10-13)15(2,3)4/h9-12H,5-8,16H2,1-4H3. The monoisotopic (exact) mass is 278 g/mol. The molecule has 1 amide bonds. The zero-order chi connectivity index (χ0) is 14.9. The topological polar surface area (TPSA) is 64.2 Å². The van der Waals surface area contributed by atoms with Gasteiger partial charge in [-0.15, -0.1) is 0 Å². The number of piperidine rings is 1. The molecule has 1 atom stereocenters. The van der Waals surface area contributed by atoms with Gasteiger partial charge in [-0.1, -0.05) is 0 Å². The van der Waals surface area contributed by atoms with Gasteiger partial charge in [0.1, 0.15) is 0 Å². The molecule has 1 saturated heterocycles. The van der Waals surface area contributed by atoms with Crippen molar-refractivity contribution in [1.82, 2.24) is 14.7 Å². The Bertz CT molecular complexity index is 464. The van der Waals surface area contributed by atoms with E-state index in [0.717, 1.165) is 25.9 Å². The van der Waals surface area contributed by atoms with Crippen LogP contribution in [-0.4, -0.2) is 39.7 Å². The molecular formula is C15H26N4O. The Balaban J connectivity index is 2.01. The summed E-state index contributed by atoms with van der Waals surface area (Å²) in [4.78, 5) is 14.4. The van der Waals surface area contributed by atoms with E-state index < -0.39 is 0 Å². The summed E-state index contributed by atoms with van der Waals surface area (Å²) in [5.41, 5.74) is 6.52. The average molecular weight is 278 g/mol. The summed E-state index contributed by atoms with van der Waals surface area (Å²) in [6, 6.07) is 0.218. The molecule has 0 aromatic carbocycles. The van der Waals surface area contributed by atoms with Crippen LogP contribution >= 0.6 is 0 Å². The normalized spacial score (nSPS) is 19.1. The summed E-state index contributed by atoms with van der Waals surface area (Å²) in [5, 5.41) is 4.30. The maximum absolute atomic E-state index is 12.5. The minimum absolute atomic E-state index is 0.0867. The molecule has 2 heterocycles. The third-order valence-electron chi connectivity index (χ3n) is 4.09. The van der Waals surface area contributed by atoms with Gasteiger partial charge >= 0.3 is 0 Å². The highest BCUT2D eigenvalue weighted by atomic mass is 16.2. The lowest BCUT2D eigenvalue weighted by Crippen LogP contribution is -2.42. The van der Waals surface area contributed by atoms with Crippen LogP contribution in [0.2, 0.25) is 0 Å². The highest BCUT2D eigenvalue weighted by molar-refractivity contribution is 5.93. The number of carbonyl (C=O) groups excluding carboxylic acids is 1. The van der Waals surface area contributed by atoms with E-state index in [4.69, 9.17) is 5.73 Å². The second-order valence-electron chi connectivity index (χ2n) is 6.83. The fourth-order valence-corrected chi connectivity index (χ4v) is 2.61. The van der Waals surface area contributed by atoms with E-state index in [1.54, 1.807) is 6.20 Å². The number of nitrogens with zero attached hydrogens (tertiary/aromatic N) is 3. The Morgan fingerprint density at radius 1 is 1.40 bits per heavy atom. The van der Waals surface area contributed by atoms with Crippen LogP contribution < -0.4 is 5.73 Å². The number of likely N-dealkylation sites (tertiary alicyclic amines) is 1. The van der Waals surface area contributed by atoms with Crippen LogP contribution in [0, 0.1) is 5.92 Å². The molecule has 1 unspecified atom stereocenters. The predicted octanol–water partition coefficient (Wildman–Crippen LogP) is 1.84. The van der Waals surface area contributed by atoms with Gasteiger partial charge in [-0.25, -0.2) is 0 Å². The Kier molecular flexibility index (Phi) is 4.18. The molecule has 1 aromatic heterocycles. The zero-order valence-electron chi connectivity index (χ0n) is 13.0. The largest absolute Gasteiger partial charge is 0.339 e. The van der Waals surface area contributed by atoms with Crippen molar-refractivity contribution in [2.45, 2.75) is 52.1 Å². The Morgan fingerprint density at radius 2 is 2.00 bits per heavy atom. The number of nitrogens with two attached hydrogens (primary N) is 1. The van der Waals surface area contributed by atoms with Crippen molar-refractivity contribution in [1.29, 1.82) is 0 Å². The Labute approximate surface area is 121 Å². The van der Waals surface area contributed by atoms with Gasteiger partial charge in [-0.2, -0.15) is 5.10 Å². The molecule has 1 aliphatic heterocycles. The van der Waals surface area contributed by atoms with Gasteiger partial charge in [0.15, 0.2) is 0 Å². The lowest BCUT2D eigenvalue weighted by molar-refractivity contribution is 0.0681. The van der Waals surface area contributed by atoms with E-state index in [-0.39, 0.29) is 17.5 Å². The van der Waals surface area contributed by atoms with Gasteiger partial charge in [-0.3, -0.25) is 9.48 Å². The van der Waals surface area contributed by atoms with Crippen molar-refractivity contribution < 1.29 is 4.79 Å². The molecule has 0 aliphatic carbocycles. The summed E-state index contributed by atoms with van der Waals surface area (Å²) in [6.07, 6.45) is 5.51. The van der Waals surface area contributed by atoms with Crippen molar-refractivity contribution in [2.24, 2.45) is 11.7 Å². The fourth-order valence-electron chi connectivity index (χ4n) is 2.61. The zero-order valence-corrected chi connectivity index (χ0v) is 13.0. The first-order chi connectivity index (χ1) is 9.29. The molecule has 112 valence electrons. The highest BCUT2D eigenvalue weighted by Gasteiger charge is 2.26. The van der Waals surface area contributed by atoms with Gasteiger partial charge in [0.2, 0.25) is 0 Å². The van der Waals surface area contributed by atoms with E-state index in [1.807, 2.05) is 15.8 Å². The molecular weight excluding hydrogens is 252 g/mol. The molecule has 0 spiro atoms. The van der Waals surface area contributed by atoms with Gasteiger partial charge < -0.3 is 10.6 Å². The first-order valence-corrected chi connectivity index (χ1v) is 7.39. The second kappa shape index (κ2) is 5.56. The quantitative estimate of drug-likeness (QED) is 0.897. The van der Waals surface area contributed by atoms with E-state index in [0.29, 0.717) is 11.5 Å². The first kappa shape index (κ1) is 15.0. The second-order valence-corrected chi connectivity index (χ2v) is 6.83. The minimum atomic E-state index is -0.0967. The van der Waals surface area contributed by atoms with E-state index >= 15 is 0 Å². The van der Waals surface area contributed by atoms with Gasteiger partial charge in [0.05, 0.1) is 17.3 Å². The summed E-state index contributed by atoms with van der Waals surface area (Å²) in [6.45, 7) is 9.86. The van der Waals surface area contributed by atoms with Gasteiger partial charge in [0, 0.05) is 25.3 Å². The fraction of sp³-hybridized carbons (Fsp3) is 0.733. The van der Waals surface area contributed by atoms with Crippen LogP contribution in [0.4, 0.5) is 0 Å². The molecule has 0 bridgehead atoms. The number of rotatable bonds is 2. The number of carbonyl (C=O) groups is 1. The molecule has 20 heavy (non-hydrogen) atoms. The third-order valence-corrected chi connectivity index (χ3v) is 4.09. The molecule has 1 aromatic rings. The SMILES string of the molecule is CC(N)C1CCN(C(=O)c2cnn(C(C)(C)C)c2)CC1. The third kappa shape index (κ3) is 3.20. The Morgan fingerprint density at radius 3 is 2.45 bits per heavy atom. The lowest BCUT2D eigenvalue weighted by Gasteiger charge is -2.33. The van der Waals surface area contributed by atoms with Crippen molar-refractivity contribution in [2.75, 3.05) is 13.1 Å². The van der Waals surface area contributed by atoms with Gasteiger partial charge in [-0.05, 0) is 46.5 Å². The van der Waals surface area contributed by atoms with Crippen molar-refractivity contribution in [3.05, 3.63) is 18.0 Å². The van der Waals surface area contributed by atoms with Gasteiger partial charge in [0.25, 0.3) is 5.91 Å².